The number of carbonyl (C=O) groups excluding carboxylic acids is 1. The summed E-state index contributed by atoms with van der Waals surface area (Å²) in [5.74, 6) is 0.272. The van der Waals surface area contributed by atoms with E-state index in [4.69, 9.17) is 14.7 Å². The molecule has 5 nitrogen and oxygen atoms in total. The minimum absolute atomic E-state index is 0.0905. The van der Waals surface area contributed by atoms with Crippen molar-refractivity contribution in [2.24, 2.45) is 0 Å². The van der Waals surface area contributed by atoms with Crippen LogP contribution in [0.25, 0.3) is 10.9 Å². The minimum Gasteiger partial charge on any atom is -0.493 e. The Hall–Kier alpha value is -2.48. The van der Waals surface area contributed by atoms with Gasteiger partial charge >= 0.3 is 5.97 Å². The number of nitriles is 1. The van der Waals surface area contributed by atoms with Gasteiger partial charge in [-0.2, -0.15) is 5.26 Å². The minimum atomic E-state index is -0.429. The van der Waals surface area contributed by atoms with Crippen LogP contribution in [-0.4, -0.2) is 23.8 Å². The molecule has 0 unspecified atom stereocenters. The second-order valence-corrected chi connectivity index (χ2v) is 4.12. The second-order valence-electron chi connectivity index (χ2n) is 4.12. The van der Waals surface area contributed by atoms with Crippen molar-refractivity contribution < 1.29 is 14.3 Å². The maximum atomic E-state index is 12.0. The summed E-state index contributed by atoms with van der Waals surface area (Å²) in [5, 5.41) is 9.76. The summed E-state index contributed by atoms with van der Waals surface area (Å²) in [6, 6.07) is 9.33. The first-order chi connectivity index (χ1) is 9.72. The van der Waals surface area contributed by atoms with Crippen molar-refractivity contribution in [3.63, 3.8) is 0 Å². The topological polar surface area (TPSA) is 64.2 Å². The summed E-state index contributed by atoms with van der Waals surface area (Å²) in [4.78, 5) is 12.0. The molecular formula is C15H16N2O3. The molecule has 0 aliphatic heterocycles. The van der Waals surface area contributed by atoms with Gasteiger partial charge in [0.05, 0.1) is 24.8 Å². The highest BCUT2D eigenvalue weighted by Crippen LogP contribution is 2.29. The third kappa shape index (κ3) is 2.45. The molecule has 1 aromatic heterocycles. The highest BCUT2D eigenvalue weighted by atomic mass is 16.5. The van der Waals surface area contributed by atoms with Crippen LogP contribution in [-0.2, 0) is 11.3 Å². The summed E-state index contributed by atoms with van der Waals surface area (Å²) in [6.45, 7) is 4.58. The summed E-state index contributed by atoms with van der Waals surface area (Å²) >= 11 is 0. The van der Waals surface area contributed by atoms with E-state index in [-0.39, 0.29) is 6.54 Å². The van der Waals surface area contributed by atoms with E-state index in [0.29, 0.717) is 24.7 Å². The predicted octanol–water partition coefficient (Wildman–Crippen LogP) is 2.74. The Morgan fingerprint density at radius 3 is 2.80 bits per heavy atom. The Morgan fingerprint density at radius 1 is 1.35 bits per heavy atom. The number of nitrogens with zero attached hydrogens (tertiary/aromatic N) is 2. The Morgan fingerprint density at radius 2 is 2.15 bits per heavy atom. The van der Waals surface area contributed by atoms with Gasteiger partial charge in [-0.1, -0.05) is 6.07 Å². The van der Waals surface area contributed by atoms with Gasteiger partial charge in [0.15, 0.2) is 0 Å². The van der Waals surface area contributed by atoms with Crippen molar-refractivity contribution in [1.29, 1.82) is 5.26 Å². The van der Waals surface area contributed by atoms with Crippen LogP contribution in [0.5, 0.6) is 5.75 Å². The smallest absolute Gasteiger partial charge is 0.355 e. The molecule has 0 aliphatic carbocycles. The van der Waals surface area contributed by atoms with Crippen LogP contribution in [0.15, 0.2) is 24.3 Å². The molecule has 0 amide bonds. The SMILES string of the molecule is CCOC(=O)c1cc2c(OCC)cccc2n1CC#N. The van der Waals surface area contributed by atoms with Crippen LogP contribution in [0.2, 0.25) is 0 Å². The molecule has 0 saturated carbocycles. The molecule has 5 heteroatoms. The van der Waals surface area contributed by atoms with Gasteiger partial charge in [0.25, 0.3) is 0 Å². The van der Waals surface area contributed by atoms with Gasteiger partial charge in [0.2, 0.25) is 0 Å². The lowest BCUT2D eigenvalue weighted by molar-refractivity contribution is 0.0515. The monoisotopic (exact) mass is 272 g/mol. The van der Waals surface area contributed by atoms with Crippen LogP contribution in [0.1, 0.15) is 24.3 Å². The average molecular weight is 272 g/mol. The fourth-order valence-electron chi connectivity index (χ4n) is 2.15. The van der Waals surface area contributed by atoms with Gasteiger partial charge in [-0.3, -0.25) is 0 Å². The Labute approximate surface area is 117 Å². The van der Waals surface area contributed by atoms with Crippen molar-refractivity contribution >= 4 is 16.9 Å². The number of carbonyl (C=O) groups is 1. The molecule has 0 bridgehead atoms. The lowest BCUT2D eigenvalue weighted by Crippen LogP contribution is -2.11. The summed E-state index contributed by atoms with van der Waals surface area (Å²) < 4.78 is 12.2. The zero-order chi connectivity index (χ0) is 14.5. The van der Waals surface area contributed by atoms with E-state index in [9.17, 15) is 4.79 Å². The van der Waals surface area contributed by atoms with Crippen LogP contribution in [0.3, 0.4) is 0 Å². The van der Waals surface area contributed by atoms with Crippen LogP contribution < -0.4 is 4.74 Å². The molecule has 0 aliphatic rings. The largest absolute Gasteiger partial charge is 0.493 e. The Bertz CT molecular complexity index is 668. The predicted molar refractivity (Wildman–Crippen MR) is 74.7 cm³/mol. The van der Waals surface area contributed by atoms with Gasteiger partial charge in [-0.25, -0.2) is 4.79 Å². The zero-order valence-corrected chi connectivity index (χ0v) is 11.5. The lowest BCUT2D eigenvalue weighted by Gasteiger charge is -2.06. The number of ether oxygens (including phenoxy) is 2. The first kappa shape index (κ1) is 13.9. The quantitative estimate of drug-likeness (QED) is 0.785. The third-order valence-corrected chi connectivity index (χ3v) is 2.92. The van der Waals surface area contributed by atoms with Crippen LogP contribution in [0, 0.1) is 11.3 Å². The zero-order valence-electron chi connectivity index (χ0n) is 11.5. The first-order valence-corrected chi connectivity index (χ1v) is 6.52. The van der Waals surface area contributed by atoms with E-state index in [0.717, 1.165) is 10.9 Å². The molecule has 0 radical (unpaired) electrons. The standard InChI is InChI=1S/C15H16N2O3/c1-3-19-14-7-5-6-12-11(14)10-13(15(18)20-4-2)17(12)9-8-16/h5-7,10H,3-4,9H2,1-2H3. The molecule has 1 aromatic carbocycles. The van der Waals surface area contributed by atoms with Gasteiger partial charge in [-0.05, 0) is 32.0 Å². The number of fused-ring (bicyclic) bond motifs is 1. The molecule has 1 heterocycles. The molecule has 0 atom stereocenters. The van der Waals surface area contributed by atoms with Crippen molar-refractivity contribution in [2.45, 2.75) is 20.4 Å². The van der Waals surface area contributed by atoms with Gasteiger partial charge in [0.1, 0.15) is 18.0 Å². The number of rotatable bonds is 5. The van der Waals surface area contributed by atoms with Crippen molar-refractivity contribution in [3.05, 3.63) is 30.0 Å². The van der Waals surface area contributed by atoms with E-state index >= 15 is 0 Å². The van der Waals surface area contributed by atoms with Crippen molar-refractivity contribution in [2.75, 3.05) is 13.2 Å². The Balaban J connectivity index is 2.62. The molecule has 0 fully saturated rings. The van der Waals surface area contributed by atoms with Crippen molar-refractivity contribution in [1.82, 2.24) is 4.57 Å². The maximum absolute atomic E-state index is 12.0. The summed E-state index contributed by atoms with van der Waals surface area (Å²) in [7, 11) is 0. The van der Waals surface area contributed by atoms with Crippen LogP contribution in [0.4, 0.5) is 0 Å². The average Bonchev–Trinajstić information content (AvgIpc) is 2.80. The highest BCUT2D eigenvalue weighted by Gasteiger charge is 2.18. The van der Waals surface area contributed by atoms with Crippen molar-refractivity contribution in [3.8, 4) is 11.8 Å². The van der Waals surface area contributed by atoms with E-state index in [2.05, 4.69) is 6.07 Å². The number of benzene rings is 1. The molecule has 0 saturated heterocycles. The van der Waals surface area contributed by atoms with E-state index in [1.807, 2.05) is 25.1 Å². The summed E-state index contributed by atoms with van der Waals surface area (Å²) in [5.41, 5.74) is 1.16. The van der Waals surface area contributed by atoms with E-state index in [1.165, 1.54) is 0 Å². The normalized spacial score (nSPS) is 10.2. The summed E-state index contributed by atoms with van der Waals surface area (Å²) in [6.07, 6.45) is 0. The number of hydrogen-bond donors (Lipinski definition) is 0. The third-order valence-electron chi connectivity index (χ3n) is 2.92. The number of hydrogen-bond acceptors (Lipinski definition) is 4. The molecular weight excluding hydrogens is 256 g/mol. The molecule has 20 heavy (non-hydrogen) atoms. The molecule has 0 spiro atoms. The molecule has 2 aromatic rings. The fraction of sp³-hybridized carbons (Fsp3) is 0.333. The molecule has 104 valence electrons. The van der Waals surface area contributed by atoms with Gasteiger partial charge < -0.3 is 14.0 Å². The van der Waals surface area contributed by atoms with E-state index < -0.39 is 5.97 Å². The number of aromatic nitrogens is 1. The van der Waals surface area contributed by atoms with Crippen LogP contribution >= 0.6 is 0 Å². The van der Waals surface area contributed by atoms with Gasteiger partial charge in [-0.15, -0.1) is 0 Å². The maximum Gasteiger partial charge on any atom is 0.355 e. The Kier molecular flexibility index (Phi) is 4.26. The fourth-order valence-corrected chi connectivity index (χ4v) is 2.15. The number of esters is 1. The molecule has 2 rings (SSSR count). The highest BCUT2D eigenvalue weighted by molar-refractivity contribution is 5.98. The second kappa shape index (κ2) is 6.11. The van der Waals surface area contributed by atoms with Gasteiger partial charge in [0, 0.05) is 5.39 Å². The molecule has 0 N–H and O–H groups in total. The first-order valence-electron chi connectivity index (χ1n) is 6.52. The van der Waals surface area contributed by atoms with E-state index in [1.54, 1.807) is 17.6 Å². The lowest BCUT2D eigenvalue weighted by atomic mass is 10.2.